The van der Waals surface area contributed by atoms with Crippen molar-refractivity contribution in [3.63, 3.8) is 0 Å². The number of hydrogen-bond donors (Lipinski definition) is 2. The Morgan fingerprint density at radius 3 is 2.71 bits per heavy atom. The number of amides is 1. The predicted molar refractivity (Wildman–Crippen MR) is 66.5 cm³/mol. The first-order valence-electron chi connectivity index (χ1n) is 5.96. The van der Waals surface area contributed by atoms with E-state index >= 15 is 0 Å². The van der Waals surface area contributed by atoms with Gasteiger partial charge in [0.15, 0.2) is 0 Å². The van der Waals surface area contributed by atoms with Crippen LogP contribution in [0.1, 0.15) is 5.69 Å². The molecule has 0 aromatic carbocycles. The third kappa shape index (κ3) is 2.20. The molecular formula is C13H12F3N4O+. The number of hydrogen-bond acceptors (Lipinski definition) is 3. The molecule has 1 aromatic rings. The molecule has 2 heterocycles. The Morgan fingerprint density at radius 2 is 2.19 bits per heavy atom. The van der Waals surface area contributed by atoms with Crippen LogP contribution in [0.2, 0.25) is 0 Å². The molecule has 0 bridgehead atoms. The average Bonchev–Trinajstić information content (AvgIpc) is 2.60. The zero-order valence-corrected chi connectivity index (χ0v) is 11.0. The maximum absolute atomic E-state index is 13.5. The highest BCUT2D eigenvalue weighted by Gasteiger charge is 2.73. The number of anilines is 1. The molecule has 2 unspecified atom stereocenters. The van der Waals surface area contributed by atoms with Crippen molar-refractivity contribution < 1.29 is 22.9 Å². The van der Waals surface area contributed by atoms with Gasteiger partial charge in [-0.15, -0.1) is 0 Å². The second-order valence-corrected chi connectivity index (χ2v) is 4.72. The molecule has 0 spiro atoms. The molecule has 1 amide bonds. The SMILES string of the molecule is C=C1NC(=O)C(Nc2cccc(C)[nH+]2)(C(F)(F)F)C1C#N. The molecular weight excluding hydrogens is 285 g/mol. The number of alkyl halides is 3. The van der Waals surface area contributed by atoms with Crippen molar-refractivity contribution in [3.8, 4) is 6.07 Å². The molecule has 1 aliphatic heterocycles. The Kier molecular flexibility index (Phi) is 3.37. The van der Waals surface area contributed by atoms with Gasteiger partial charge in [0.1, 0.15) is 5.92 Å². The van der Waals surface area contributed by atoms with E-state index in [2.05, 4.69) is 16.9 Å². The number of nitrogens with one attached hydrogen (secondary N) is 3. The highest BCUT2D eigenvalue weighted by Crippen LogP contribution is 2.44. The van der Waals surface area contributed by atoms with Gasteiger partial charge in [-0.3, -0.25) is 10.1 Å². The second-order valence-electron chi connectivity index (χ2n) is 4.72. The predicted octanol–water partition coefficient (Wildman–Crippen LogP) is 1.31. The van der Waals surface area contributed by atoms with Crippen molar-refractivity contribution in [2.24, 2.45) is 5.92 Å². The first kappa shape index (κ1) is 14.8. The zero-order chi connectivity index (χ0) is 15.8. The number of aryl methyl sites for hydroxylation is 1. The minimum atomic E-state index is -4.98. The molecule has 1 saturated heterocycles. The van der Waals surface area contributed by atoms with Gasteiger partial charge < -0.3 is 5.32 Å². The summed E-state index contributed by atoms with van der Waals surface area (Å²) in [7, 11) is 0. The molecule has 1 fully saturated rings. The molecule has 0 aliphatic carbocycles. The van der Waals surface area contributed by atoms with Crippen LogP contribution >= 0.6 is 0 Å². The maximum Gasteiger partial charge on any atom is 0.443 e. The summed E-state index contributed by atoms with van der Waals surface area (Å²) in [5.41, 5.74) is -2.74. The molecule has 8 heteroatoms. The van der Waals surface area contributed by atoms with Crippen molar-refractivity contribution in [2.45, 2.75) is 18.6 Å². The van der Waals surface area contributed by atoms with Gasteiger partial charge in [-0.2, -0.15) is 18.4 Å². The fourth-order valence-electron chi connectivity index (χ4n) is 2.25. The third-order valence-corrected chi connectivity index (χ3v) is 3.26. The zero-order valence-electron chi connectivity index (χ0n) is 11.0. The molecule has 2 rings (SSSR count). The van der Waals surface area contributed by atoms with Crippen molar-refractivity contribution >= 4 is 11.7 Å². The van der Waals surface area contributed by atoms with E-state index in [9.17, 15) is 18.0 Å². The Bertz CT molecular complexity index is 650. The van der Waals surface area contributed by atoms with Gasteiger partial charge in [0.05, 0.1) is 11.8 Å². The Balaban J connectivity index is 2.56. The number of aromatic amines is 1. The lowest BCUT2D eigenvalue weighted by molar-refractivity contribution is -0.372. The summed E-state index contributed by atoms with van der Waals surface area (Å²) in [5.74, 6) is -3.13. The number of rotatable bonds is 2. The third-order valence-electron chi connectivity index (χ3n) is 3.26. The van der Waals surface area contributed by atoms with Crippen LogP contribution in [0.5, 0.6) is 0 Å². The normalized spacial score (nSPS) is 25.4. The lowest BCUT2D eigenvalue weighted by atomic mass is 9.85. The first-order chi connectivity index (χ1) is 9.72. The standard InChI is InChI=1S/C13H11F3N4O/c1-7-4-3-5-10(18-7)20-12(13(14,15)16)9(6-17)8(2)19-11(12)21/h3-5,9H,2H2,1H3,(H,18,20)(H,19,21)/p+1. The Labute approximate surface area is 118 Å². The van der Waals surface area contributed by atoms with E-state index in [1.165, 1.54) is 18.2 Å². The molecule has 21 heavy (non-hydrogen) atoms. The van der Waals surface area contributed by atoms with E-state index < -0.39 is 23.5 Å². The summed E-state index contributed by atoms with van der Waals surface area (Å²) in [6.07, 6.45) is -4.98. The fraction of sp³-hybridized carbons (Fsp3) is 0.308. The van der Waals surface area contributed by atoms with Gasteiger partial charge in [-0.05, 0) is 13.0 Å². The fourth-order valence-corrected chi connectivity index (χ4v) is 2.25. The van der Waals surface area contributed by atoms with Crippen LogP contribution in [0.4, 0.5) is 19.0 Å². The largest absolute Gasteiger partial charge is 0.443 e. The molecule has 0 radical (unpaired) electrons. The van der Waals surface area contributed by atoms with Crippen LogP contribution < -0.4 is 15.6 Å². The van der Waals surface area contributed by atoms with E-state index in [0.29, 0.717) is 5.69 Å². The van der Waals surface area contributed by atoms with E-state index in [4.69, 9.17) is 5.26 Å². The molecule has 0 saturated carbocycles. The van der Waals surface area contributed by atoms with Crippen LogP contribution in [-0.2, 0) is 4.79 Å². The van der Waals surface area contributed by atoms with Crippen molar-refractivity contribution in [1.82, 2.24) is 5.32 Å². The number of carbonyl (C=O) groups excluding carboxylic acids is 1. The van der Waals surface area contributed by atoms with Crippen molar-refractivity contribution in [3.05, 3.63) is 36.2 Å². The second kappa shape index (κ2) is 4.77. The van der Waals surface area contributed by atoms with Crippen LogP contribution in [0, 0.1) is 24.2 Å². The van der Waals surface area contributed by atoms with E-state index in [-0.39, 0.29) is 11.5 Å². The quantitative estimate of drug-likeness (QED) is 0.863. The molecule has 2 atom stereocenters. The summed E-state index contributed by atoms with van der Waals surface area (Å²) in [6.45, 7) is 4.97. The van der Waals surface area contributed by atoms with Crippen LogP contribution in [0.25, 0.3) is 0 Å². The molecule has 1 aliphatic rings. The topological polar surface area (TPSA) is 79.1 Å². The van der Waals surface area contributed by atoms with E-state index in [1.54, 1.807) is 13.0 Å². The molecule has 5 nitrogen and oxygen atoms in total. The van der Waals surface area contributed by atoms with Crippen molar-refractivity contribution in [1.29, 1.82) is 5.26 Å². The van der Waals surface area contributed by atoms with Gasteiger partial charge in [0.25, 0.3) is 17.3 Å². The minimum absolute atomic E-state index is 0.0163. The number of pyridine rings is 1. The summed E-state index contributed by atoms with van der Waals surface area (Å²) in [5, 5.41) is 13.2. The number of aromatic nitrogens is 1. The number of nitriles is 1. The number of nitrogens with zero attached hydrogens (tertiary/aromatic N) is 1. The molecule has 110 valence electrons. The van der Waals surface area contributed by atoms with Gasteiger partial charge in [-0.25, -0.2) is 4.98 Å². The van der Waals surface area contributed by atoms with Crippen molar-refractivity contribution in [2.75, 3.05) is 5.32 Å². The molecule has 1 aromatic heterocycles. The van der Waals surface area contributed by atoms with E-state index in [0.717, 1.165) is 0 Å². The van der Waals surface area contributed by atoms with Crippen LogP contribution in [0.15, 0.2) is 30.5 Å². The lowest BCUT2D eigenvalue weighted by Crippen LogP contribution is -2.61. The van der Waals surface area contributed by atoms with Crippen LogP contribution in [-0.4, -0.2) is 17.6 Å². The van der Waals surface area contributed by atoms with Gasteiger partial charge in [-0.1, -0.05) is 12.6 Å². The first-order valence-corrected chi connectivity index (χ1v) is 5.96. The average molecular weight is 297 g/mol. The smallest absolute Gasteiger partial charge is 0.325 e. The van der Waals surface area contributed by atoms with Gasteiger partial charge >= 0.3 is 6.18 Å². The molecule has 3 N–H and O–H groups in total. The minimum Gasteiger partial charge on any atom is -0.325 e. The number of halogens is 3. The van der Waals surface area contributed by atoms with Crippen LogP contribution in [0.3, 0.4) is 0 Å². The van der Waals surface area contributed by atoms with Gasteiger partial charge in [0, 0.05) is 11.8 Å². The lowest BCUT2D eigenvalue weighted by Gasteiger charge is -2.27. The van der Waals surface area contributed by atoms with E-state index in [1.807, 2.05) is 5.32 Å². The highest BCUT2D eigenvalue weighted by atomic mass is 19.4. The summed E-state index contributed by atoms with van der Waals surface area (Å²) >= 11 is 0. The highest BCUT2D eigenvalue weighted by molar-refractivity contribution is 5.96. The maximum atomic E-state index is 13.5. The Hall–Kier alpha value is -2.56. The monoisotopic (exact) mass is 297 g/mol. The Morgan fingerprint density at radius 1 is 1.52 bits per heavy atom. The summed E-state index contributed by atoms with van der Waals surface area (Å²) < 4.78 is 40.6. The summed E-state index contributed by atoms with van der Waals surface area (Å²) in [4.78, 5) is 14.6. The summed E-state index contributed by atoms with van der Waals surface area (Å²) in [6, 6.07) is 6.03. The number of H-pyrrole nitrogens is 1. The number of carbonyl (C=O) groups is 1. The van der Waals surface area contributed by atoms with Gasteiger partial charge in [0.2, 0.25) is 0 Å².